The van der Waals surface area contributed by atoms with Gasteiger partial charge < -0.3 is 9.88 Å². The fourth-order valence-corrected chi connectivity index (χ4v) is 1.47. The van der Waals surface area contributed by atoms with Crippen molar-refractivity contribution >= 4 is 21.7 Å². The highest BCUT2D eigenvalue weighted by molar-refractivity contribution is 9.10. The second kappa shape index (κ2) is 4.88. The summed E-state index contributed by atoms with van der Waals surface area (Å²) in [6.45, 7) is 1.67. The van der Waals surface area contributed by atoms with Crippen LogP contribution in [0.25, 0.3) is 0 Å². The topological polar surface area (TPSA) is 55.6 Å². The van der Waals surface area contributed by atoms with E-state index < -0.39 is 0 Å². The minimum absolute atomic E-state index is 0.780. The van der Waals surface area contributed by atoms with Gasteiger partial charge in [-0.3, -0.25) is 0 Å². The van der Waals surface area contributed by atoms with E-state index in [0.717, 1.165) is 23.5 Å². The van der Waals surface area contributed by atoms with Crippen LogP contribution in [-0.2, 0) is 6.54 Å². The summed E-state index contributed by atoms with van der Waals surface area (Å²) in [5, 5.41) is 3.19. The third-order valence-electron chi connectivity index (χ3n) is 1.87. The van der Waals surface area contributed by atoms with E-state index in [1.54, 1.807) is 12.5 Å². The molecular formula is C9H10BrN5. The molecule has 0 saturated heterocycles. The van der Waals surface area contributed by atoms with Gasteiger partial charge in [0.25, 0.3) is 0 Å². The fourth-order valence-electron chi connectivity index (χ4n) is 1.16. The molecule has 0 radical (unpaired) electrons. The molecule has 0 amide bonds. The Morgan fingerprint density at radius 3 is 3.07 bits per heavy atom. The van der Waals surface area contributed by atoms with Gasteiger partial charge in [-0.1, -0.05) is 0 Å². The molecule has 5 nitrogen and oxygen atoms in total. The van der Waals surface area contributed by atoms with Crippen molar-refractivity contribution in [2.24, 2.45) is 0 Å². The Kier molecular flexibility index (Phi) is 3.29. The van der Waals surface area contributed by atoms with Gasteiger partial charge in [0, 0.05) is 31.5 Å². The van der Waals surface area contributed by atoms with Crippen LogP contribution in [0.15, 0.2) is 35.7 Å². The van der Waals surface area contributed by atoms with E-state index in [1.807, 2.05) is 16.8 Å². The standard InChI is InChI=1S/C9H10BrN5/c10-8-5-9(14-6-13-8)12-2-4-15-3-1-11-7-15/h1,3,5-7H,2,4H2,(H,12,13,14). The number of halogens is 1. The smallest absolute Gasteiger partial charge is 0.130 e. The second-order valence-corrected chi connectivity index (χ2v) is 3.77. The molecule has 0 spiro atoms. The van der Waals surface area contributed by atoms with Crippen LogP contribution in [0.1, 0.15) is 0 Å². The average Bonchev–Trinajstić information content (AvgIpc) is 2.71. The van der Waals surface area contributed by atoms with Crippen molar-refractivity contribution in [3.8, 4) is 0 Å². The van der Waals surface area contributed by atoms with Gasteiger partial charge in [0.15, 0.2) is 0 Å². The molecule has 0 saturated carbocycles. The third-order valence-corrected chi connectivity index (χ3v) is 2.30. The van der Waals surface area contributed by atoms with E-state index in [1.165, 1.54) is 6.33 Å². The molecule has 0 atom stereocenters. The lowest BCUT2D eigenvalue weighted by atomic mass is 10.5. The number of rotatable bonds is 4. The molecule has 2 rings (SSSR count). The first kappa shape index (κ1) is 10.1. The maximum absolute atomic E-state index is 4.08. The zero-order valence-electron chi connectivity index (χ0n) is 7.97. The molecule has 2 aromatic rings. The van der Waals surface area contributed by atoms with Crippen LogP contribution in [-0.4, -0.2) is 26.1 Å². The molecule has 0 unspecified atom stereocenters. The van der Waals surface area contributed by atoms with Crippen molar-refractivity contribution in [1.29, 1.82) is 0 Å². The Bertz CT molecular complexity index is 414. The van der Waals surface area contributed by atoms with Gasteiger partial charge in [0.1, 0.15) is 16.7 Å². The van der Waals surface area contributed by atoms with Gasteiger partial charge in [0.05, 0.1) is 6.33 Å². The van der Waals surface area contributed by atoms with E-state index in [9.17, 15) is 0 Å². The highest BCUT2D eigenvalue weighted by atomic mass is 79.9. The molecule has 15 heavy (non-hydrogen) atoms. The van der Waals surface area contributed by atoms with E-state index in [-0.39, 0.29) is 0 Å². The second-order valence-electron chi connectivity index (χ2n) is 2.95. The maximum Gasteiger partial charge on any atom is 0.130 e. The Labute approximate surface area is 95.7 Å². The summed E-state index contributed by atoms with van der Waals surface area (Å²) in [4.78, 5) is 12.0. The molecule has 1 N–H and O–H groups in total. The van der Waals surface area contributed by atoms with Crippen LogP contribution >= 0.6 is 15.9 Å². The summed E-state index contributed by atoms with van der Waals surface area (Å²) in [6.07, 6.45) is 7.00. The number of hydrogen-bond donors (Lipinski definition) is 1. The van der Waals surface area contributed by atoms with Gasteiger partial charge in [0.2, 0.25) is 0 Å². The Morgan fingerprint density at radius 2 is 2.33 bits per heavy atom. The van der Waals surface area contributed by atoms with Crippen LogP contribution in [0.4, 0.5) is 5.82 Å². The fraction of sp³-hybridized carbons (Fsp3) is 0.222. The first-order valence-corrected chi connectivity index (χ1v) is 5.31. The zero-order valence-corrected chi connectivity index (χ0v) is 9.55. The molecular weight excluding hydrogens is 258 g/mol. The van der Waals surface area contributed by atoms with Crippen molar-refractivity contribution in [2.45, 2.75) is 6.54 Å². The van der Waals surface area contributed by atoms with Gasteiger partial charge in [-0.15, -0.1) is 0 Å². The van der Waals surface area contributed by atoms with Crippen LogP contribution in [0.2, 0.25) is 0 Å². The molecule has 0 aliphatic carbocycles. The van der Waals surface area contributed by atoms with Crippen LogP contribution < -0.4 is 5.32 Å². The highest BCUT2D eigenvalue weighted by Gasteiger charge is 1.95. The van der Waals surface area contributed by atoms with Crippen LogP contribution in [0, 0.1) is 0 Å². The summed E-state index contributed by atoms with van der Waals surface area (Å²) < 4.78 is 2.78. The monoisotopic (exact) mass is 267 g/mol. The molecule has 0 bridgehead atoms. The van der Waals surface area contributed by atoms with Crippen LogP contribution in [0.5, 0.6) is 0 Å². The van der Waals surface area contributed by atoms with Crippen molar-refractivity contribution < 1.29 is 0 Å². The molecule has 0 aliphatic heterocycles. The number of nitrogens with one attached hydrogen (secondary N) is 1. The Balaban J connectivity index is 1.83. The first-order valence-electron chi connectivity index (χ1n) is 4.52. The van der Waals surface area contributed by atoms with E-state index >= 15 is 0 Å². The number of aromatic nitrogens is 4. The lowest BCUT2D eigenvalue weighted by Gasteiger charge is -2.05. The zero-order chi connectivity index (χ0) is 10.5. The number of imidazole rings is 1. The lowest BCUT2D eigenvalue weighted by molar-refractivity contribution is 0.725. The quantitative estimate of drug-likeness (QED) is 0.855. The summed E-state index contributed by atoms with van der Waals surface area (Å²) in [5.74, 6) is 0.817. The minimum Gasteiger partial charge on any atom is -0.368 e. The van der Waals surface area contributed by atoms with Crippen molar-refractivity contribution in [3.63, 3.8) is 0 Å². The minimum atomic E-state index is 0.780. The highest BCUT2D eigenvalue weighted by Crippen LogP contribution is 2.08. The average molecular weight is 268 g/mol. The SMILES string of the molecule is Brc1cc(NCCn2ccnc2)ncn1. The number of hydrogen-bond acceptors (Lipinski definition) is 4. The molecule has 0 aliphatic rings. The summed E-state index contributed by atoms with van der Waals surface area (Å²) in [5.41, 5.74) is 0. The van der Waals surface area contributed by atoms with E-state index in [4.69, 9.17) is 0 Å². The van der Waals surface area contributed by atoms with Gasteiger partial charge >= 0.3 is 0 Å². The summed E-state index contributed by atoms with van der Waals surface area (Å²) in [7, 11) is 0. The molecule has 2 heterocycles. The summed E-state index contributed by atoms with van der Waals surface area (Å²) >= 11 is 3.29. The van der Waals surface area contributed by atoms with E-state index in [0.29, 0.717) is 0 Å². The number of nitrogens with zero attached hydrogens (tertiary/aromatic N) is 4. The first-order chi connectivity index (χ1) is 7.34. The molecule has 0 aromatic carbocycles. The molecule has 6 heteroatoms. The lowest BCUT2D eigenvalue weighted by Crippen LogP contribution is -2.10. The molecule has 78 valence electrons. The predicted octanol–water partition coefficient (Wildman–Crippen LogP) is 1.55. The summed E-state index contributed by atoms with van der Waals surface area (Å²) in [6, 6.07) is 1.84. The van der Waals surface area contributed by atoms with Crippen molar-refractivity contribution in [2.75, 3.05) is 11.9 Å². The Hall–Kier alpha value is -1.43. The normalized spacial score (nSPS) is 10.2. The third kappa shape index (κ3) is 3.02. The van der Waals surface area contributed by atoms with Gasteiger partial charge in [-0.05, 0) is 15.9 Å². The van der Waals surface area contributed by atoms with Crippen LogP contribution in [0.3, 0.4) is 0 Å². The van der Waals surface area contributed by atoms with E-state index in [2.05, 4.69) is 36.2 Å². The maximum atomic E-state index is 4.08. The van der Waals surface area contributed by atoms with Crippen molar-refractivity contribution in [3.05, 3.63) is 35.7 Å². The predicted molar refractivity (Wildman–Crippen MR) is 60.4 cm³/mol. The molecule has 0 fully saturated rings. The van der Waals surface area contributed by atoms with Crippen molar-refractivity contribution in [1.82, 2.24) is 19.5 Å². The Morgan fingerprint density at radius 1 is 1.40 bits per heavy atom. The largest absolute Gasteiger partial charge is 0.368 e. The number of anilines is 1. The van der Waals surface area contributed by atoms with Gasteiger partial charge in [-0.25, -0.2) is 15.0 Å². The molecule has 2 aromatic heterocycles. The van der Waals surface area contributed by atoms with Gasteiger partial charge in [-0.2, -0.15) is 0 Å².